The molecule has 6 rings (SSSR count). The molecule has 7 nitrogen and oxygen atoms in total. The summed E-state index contributed by atoms with van der Waals surface area (Å²) >= 11 is 1.11. The molecule has 1 N–H and O–H groups in total. The molecule has 2 aliphatic heterocycles. The standard InChI is InChI=1S/C23H20N2O5S/c26-22-21(14-5-8-19-20(10-14)29-12-28-19)16(9-13-3-1-2-4-13)23(27,30-22)15-6-7-17-18(11-15)25-31-24-17/h5-8,10-11,13,27H,1-4,9,12H2. The summed E-state index contributed by atoms with van der Waals surface area (Å²) in [7, 11) is 0. The van der Waals surface area contributed by atoms with Crippen LogP contribution >= 0.6 is 11.7 Å². The van der Waals surface area contributed by atoms with Crippen molar-refractivity contribution in [3.05, 3.63) is 53.1 Å². The number of benzene rings is 2. The van der Waals surface area contributed by atoms with Gasteiger partial charge in [-0.15, -0.1) is 0 Å². The molecule has 1 fully saturated rings. The third kappa shape index (κ3) is 3.01. The summed E-state index contributed by atoms with van der Waals surface area (Å²) in [6.45, 7) is 0.156. The number of fused-ring (bicyclic) bond motifs is 2. The number of cyclic esters (lactones) is 1. The zero-order valence-corrected chi connectivity index (χ0v) is 17.5. The van der Waals surface area contributed by atoms with Crippen molar-refractivity contribution in [1.29, 1.82) is 0 Å². The van der Waals surface area contributed by atoms with Gasteiger partial charge in [-0.25, -0.2) is 4.79 Å². The second-order valence-electron chi connectivity index (χ2n) is 8.28. The Hall–Kier alpha value is -2.97. The highest BCUT2D eigenvalue weighted by atomic mass is 32.1. The van der Waals surface area contributed by atoms with Crippen LogP contribution in [0.4, 0.5) is 0 Å². The first kappa shape index (κ1) is 18.8. The van der Waals surface area contributed by atoms with Crippen molar-refractivity contribution >= 4 is 34.3 Å². The lowest BCUT2D eigenvalue weighted by molar-refractivity contribution is -0.185. The average Bonchev–Trinajstić information content (AvgIpc) is 3.55. The molecule has 0 bridgehead atoms. The van der Waals surface area contributed by atoms with Crippen molar-refractivity contribution in [3.8, 4) is 11.5 Å². The maximum absolute atomic E-state index is 13.1. The van der Waals surface area contributed by atoms with Gasteiger partial charge in [-0.2, -0.15) is 8.75 Å². The molecule has 1 aromatic heterocycles. The number of rotatable bonds is 4. The molecule has 0 amide bonds. The fraction of sp³-hybridized carbons (Fsp3) is 0.348. The molecule has 31 heavy (non-hydrogen) atoms. The largest absolute Gasteiger partial charge is 0.454 e. The number of carbonyl (C=O) groups is 1. The second kappa shape index (κ2) is 7.03. The van der Waals surface area contributed by atoms with E-state index in [0.29, 0.717) is 51.6 Å². The molecule has 3 heterocycles. The van der Waals surface area contributed by atoms with Crippen molar-refractivity contribution in [3.63, 3.8) is 0 Å². The maximum Gasteiger partial charge on any atom is 0.341 e. The summed E-state index contributed by atoms with van der Waals surface area (Å²) < 4.78 is 25.1. The van der Waals surface area contributed by atoms with Crippen LogP contribution < -0.4 is 9.47 Å². The fourth-order valence-electron chi connectivity index (χ4n) is 4.85. The molecule has 3 aliphatic rings. The Morgan fingerprint density at radius 3 is 2.71 bits per heavy atom. The van der Waals surface area contributed by atoms with Crippen molar-refractivity contribution < 1.29 is 24.1 Å². The lowest BCUT2D eigenvalue weighted by Gasteiger charge is -2.27. The van der Waals surface area contributed by atoms with E-state index in [-0.39, 0.29) is 6.79 Å². The van der Waals surface area contributed by atoms with Crippen molar-refractivity contribution in [2.24, 2.45) is 5.92 Å². The molecule has 1 atom stereocenters. The van der Waals surface area contributed by atoms with Gasteiger partial charge in [-0.05, 0) is 48.2 Å². The van der Waals surface area contributed by atoms with Crippen LogP contribution in [0.1, 0.15) is 43.2 Å². The lowest BCUT2D eigenvalue weighted by atomic mass is 9.85. The van der Waals surface area contributed by atoms with E-state index in [1.54, 1.807) is 30.3 Å². The predicted molar refractivity (Wildman–Crippen MR) is 113 cm³/mol. The van der Waals surface area contributed by atoms with Gasteiger partial charge in [0.05, 0.1) is 17.3 Å². The van der Waals surface area contributed by atoms with E-state index in [4.69, 9.17) is 14.2 Å². The van der Waals surface area contributed by atoms with Crippen LogP contribution in [0.3, 0.4) is 0 Å². The smallest absolute Gasteiger partial charge is 0.341 e. The number of nitrogens with zero attached hydrogens (tertiary/aromatic N) is 2. The van der Waals surface area contributed by atoms with Crippen LogP contribution in [0.2, 0.25) is 0 Å². The molecule has 0 saturated heterocycles. The molecular formula is C23H20N2O5S. The van der Waals surface area contributed by atoms with Gasteiger partial charge in [0, 0.05) is 11.1 Å². The van der Waals surface area contributed by atoms with E-state index in [1.807, 2.05) is 6.07 Å². The molecule has 158 valence electrons. The number of hydrogen-bond donors (Lipinski definition) is 1. The number of carbonyl (C=O) groups excluding carboxylic acids is 1. The van der Waals surface area contributed by atoms with Crippen LogP contribution in [0, 0.1) is 5.92 Å². The van der Waals surface area contributed by atoms with E-state index in [9.17, 15) is 9.90 Å². The highest BCUT2D eigenvalue weighted by Gasteiger charge is 2.49. The SMILES string of the molecule is O=C1OC(O)(c2ccc3nsnc3c2)C(CC2CCCC2)=C1c1ccc2c(c1)OCO2. The second-order valence-corrected chi connectivity index (χ2v) is 8.81. The highest BCUT2D eigenvalue weighted by Crippen LogP contribution is 2.49. The van der Waals surface area contributed by atoms with Crippen molar-refractivity contribution in [1.82, 2.24) is 8.75 Å². The Morgan fingerprint density at radius 2 is 1.84 bits per heavy atom. The van der Waals surface area contributed by atoms with E-state index < -0.39 is 11.8 Å². The number of esters is 1. The lowest BCUT2D eigenvalue weighted by Crippen LogP contribution is -2.29. The van der Waals surface area contributed by atoms with Gasteiger partial charge in [-0.1, -0.05) is 31.7 Å². The van der Waals surface area contributed by atoms with Gasteiger partial charge in [0.25, 0.3) is 5.79 Å². The molecule has 3 aromatic rings. The molecule has 1 saturated carbocycles. The monoisotopic (exact) mass is 436 g/mol. The normalized spacial score (nSPS) is 23.2. The fourth-order valence-corrected chi connectivity index (χ4v) is 5.37. The Kier molecular flexibility index (Phi) is 4.26. The Labute approximate surface area is 182 Å². The average molecular weight is 436 g/mol. The zero-order chi connectivity index (χ0) is 21.0. The first-order chi connectivity index (χ1) is 15.1. The van der Waals surface area contributed by atoms with Crippen LogP contribution in [0.5, 0.6) is 11.5 Å². The molecule has 0 radical (unpaired) electrons. The molecular weight excluding hydrogens is 416 g/mol. The van der Waals surface area contributed by atoms with E-state index >= 15 is 0 Å². The number of hydrogen-bond acceptors (Lipinski definition) is 8. The van der Waals surface area contributed by atoms with Gasteiger partial charge >= 0.3 is 5.97 Å². The molecule has 0 spiro atoms. The number of ether oxygens (including phenoxy) is 3. The molecule has 8 heteroatoms. The van der Waals surface area contributed by atoms with E-state index in [2.05, 4.69) is 8.75 Å². The first-order valence-electron chi connectivity index (χ1n) is 10.4. The van der Waals surface area contributed by atoms with E-state index in [1.165, 1.54) is 12.8 Å². The third-order valence-corrected chi connectivity index (χ3v) is 6.99. The van der Waals surface area contributed by atoms with Gasteiger partial charge in [0.2, 0.25) is 6.79 Å². The van der Waals surface area contributed by atoms with Gasteiger partial charge in [-0.3, -0.25) is 0 Å². The summed E-state index contributed by atoms with van der Waals surface area (Å²) in [5.41, 5.74) is 3.58. The summed E-state index contributed by atoms with van der Waals surface area (Å²) in [6, 6.07) is 10.7. The van der Waals surface area contributed by atoms with Gasteiger partial charge in [0.1, 0.15) is 11.0 Å². The van der Waals surface area contributed by atoms with Gasteiger partial charge < -0.3 is 19.3 Å². The van der Waals surface area contributed by atoms with Crippen LogP contribution in [-0.4, -0.2) is 26.6 Å². The molecule has 1 unspecified atom stereocenters. The minimum absolute atomic E-state index is 0.156. The topological polar surface area (TPSA) is 90.8 Å². The summed E-state index contributed by atoms with van der Waals surface area (Å²) in [6.07, 6.45) is 5.09. The summed E-state index contributed by atoms with van der Waals surface area (Å²) in [5, 5.41) is 11.8. The van der Waals surface area contributed by atoms with E-state index in [0.717, 1.165) is 30.1 Å². The number of aromatic nitrogens is 2. The maximum atomic E-state index is 13.1. The Balaban J connectivity index is 1.51. The van der Waals surface area contributed by atoms with Crippen LogP contribution in [0.15, 0.2) is 42.0 Å². The third-order valence-electron chi connectivity index (χ3n) is 6.43. The summed E-state index contributed by atoms with van der Waals surface area (Å²) in [5.74, 6) is -0.729. The zero-order valence-electron chi connectivity index (χ0n) is 16.7. The highest BCUT2D eigenvalue weighted by molar-refractivity contribution is 7.00. The van der Waals surface area contributed by atoms with Crippen molar-refractivity contribution in [2.45, 2.75) is 37.9 Å². The number of aliphatic hydroxyl groups is 1. The minimum atomic E-state index is -1.83. The Bertz CT molecular complexity index is 1230. The minimum Gasteiger partial charge on any atom is -0.454 e. The predicted octanol–water partition coefficient (Wildman–Crippen LogP) is 4.16. The molecule has 1 aliphatic carbocycles. The quantitative estimate of drug-likeness (QED) is 0.614. The van der Waals surface area contributed by atoms with Crippen LogP contribution in [-0.2, 0) is 15.3 Å². The van der Waals surface area contributed by atoms with Gasteiger partial charge in [0.15, 0.2) is 11.5 Å². The molecule has 2 aromatic carbocycles. The first-order valence-corrected chi connectivity index (χ1v) is 11.2. The van der Waals surface area contributed by atoms with Crippen LogP contribution in [0.25, 0.3) is 16.6 Å². The Morgan fingerprint density at radius 1 is 1.03 bits per heavy atom. The van der Waals surface area contributed by atoms with Crippen molar-refractivity contribution in [2.75, 3.05) is 6.79 Å². The summed E-state index contributed by atoms with van der Waals surface area (Å²) in [4.78, 5) is 13.1.